The molecular weight excluding hydrogens is 532 g/mol. The van der Waals surface area contributed by atoms with Crippen molar-refractivity contribution in [2.45, 2.75) is 51.9 Å². The Morgan fingerprint density at radius 3 is 2.76 bits per heavy atom. The van der Waals surface area contributed by atoms with E-state index in [1.54, 1.807) is 29.2 Å². The molecule has 0 saturated carbocycles. The number of hydrogen-bond donors (Lipinski definition) is 0. The van der Waals surface area contributed by atoms with Crippen LogP contribution in [0.4, 0.5) is 13.6 Å². The second-order valence-electron chi connectivity index (χ2n) is 9.20. The van der Waals surface area contributed by atoms with Crippen LogP contribution in [-0.4, -0.2) is 45.8 Å². The number of likely N-dealkylation sites (tertiary alicyclic amines) is 1. The van der Waals surface area contributed by atoms with Crippen molar-refractivity contribution in [2.75, 3.05) is 13.1 Å². The number of fused-ring (bicyclic) bond motifs is 1. The zero-order valence-corrected chi connectivity index (χ0v) is 21.4. The summed E-state index contributed by atoms with van der Waals surface area (Å²) in [6.07, 6.45) is 0.339. The average molecular weight is 557 g/mol. The lowest BCUT2D eigenvalue weighted by Gasteiger charge is -2.24. The number of carbonyl (C=O) groups is 1. The molecule has 6 nitrogen and oxygen atoms in total. The maximum Gasteiger partial charge on any atom is 0.410 e. The van der Waals surface area contributed by atoms with Crippen molar-refractivity contribution >= 4 is 44.7 Å². The van der Waals surface area contributed by atoms with Crippen LogP contribution in [0.25, 0.3) is 11.0 Å². The number of halogens is 4. The fourth-order valence-corrected chi connectivity index (χ4v) is 4.75. The zero-order valence-electron chi connectivity index (χ0n) is 19.0. The van der Waals surface area contributed by atoms with Crippen LogP contribution in [0.3, 0.4) is 0 Å². The van der Waals surface area contributed by atoms with Crippen molar-refractivity contribution in [3.63, 3.8) is 0 Å². The Kier molecular flexibility index (Phi) is 7.05. The largest absolute Gasteiger partial charge is 0.444 e. The molecule has 1 aliphatic heterocycles. The first-order chi connectivity index (χ1) is 16.0. The summed E-state index contributed by atoms with van der Waals surface area (Å²) < 4.78 is 39.0. The second kappa shape index (κ2) is 9.70. The Hall–Kier alpha value is -2.39. The summed E-state index contributed by atoms with van der Waals surface area (Å²) >= 11 is 9.75. The van der Waals surface area contributed by atoms with Crippen LogP contribution in [0.5, 0.6) is 5.75 Å². The predicted octanol–water partition coefficient (Wildman–Crippen LogP) is 6.83. The van der Waals surface area contributed by atoms with Crippen LogP contribution >= 0.6 is 27.5 Å². The highest BCUT2D eigenvalue weighted by Gasteiger charge is 2.33. The van der Waals surface area contributed by atoms with Crippen LogP contribution in [0, 0.1) is 0 Å². The quantitative estimate of drug-likeness (QED) is 0.346. The van der Waals surface area contributed by atoms with E-state index in [1.165, 1.54) is 6.07 Å². The van der Waals surface area contributed by atoms with E-state index in [1.807, 2.05) is 31.4 Å². The minimum Gasteiger partial charge on any atom is -0.444 e. The first-order valence-electron chi connectivity index (χ1n) is 10.9. The van der Waals surface area contributed by atoms with Gasteiger partial charge in [0.1, 0.15) is 17.2 Å². The van der Waals surface area contributed by atoms with Crippen molar-refractivity contribution in [1.82, 2.24) is 14.5 Å². The van der Waals surface area contributed by atoms with Gasteiger partial charge in [-0.2, -0.15) is 8.78 Å². The van der Waals surface area contributed by atoms with Crippen LogP contribution in [0.1, 0.15) is 44.5 Å². The molecule has 0 radical (unpaired) electrons. The normalized spacial score (nSPS) is 16.5. The number of carbonyl (C=O) groups excluding carboxylic acids is 1. The molecule has 182 valence electrons. The average Bonchev–Trinajstić information content (AvgIpc) is 3.34. The van der Waals surface area contributed by atoms with Crippen LogP contribution in [0.15, 0.2) is 40.9 Å². The van der Waals surface area contributed by atoms with Gasteiger partial charge in [-0.25, -0.2) is 9.78 Å². The summed E-state index contributed by atoms with van der Waals surface area (Å²) in [6.45, 7) is 3.77. The molecule has 34 heavy (non-hydrogen) atoms. The fourth-order valence-electron chi connectivity index (χ4n) is 4.11. The molecule has 1 amide bonds. The topological polar surface area (TPSA) is 56.6 Å². The molecule has 1 aliphatic rings. The molecule has 10 heteroatoms. The van der Waals surface area contributed by atoms with E-state index in [0.29, 0.717) is 34.6 Å². The number of benzene rings is 2. The van der Waals surface area contributed by atoms with Gasteiger partial charge in [0.05, 0.1) is 17.6 Å². The highest BCUT2D eigenvalue weighted by atomic mass is 79.9. The molecule has 2 aromatic carbocycles. The van der Waals surface area contributed by atoms with E-state index in [9.17, 15) is 13.6 Å². The lowest BCUT2D eigenvalue weighted by Crippen LogP contribution is -2.35. The molecule has 1 fully saturated rings. The highest BCUT2D eigenvalue weighted by molar-refractivity contribution is 9.10. The molecular formula is C24H25BrClF2N3O3. The van der Waals surface area contributed by atoms with E-state index in [4.69, 9.17) is 26.1 Å². The van der Waals surface area contributed by atoms with E-state index < -0.39 is 12.2 Å². The summed E-state index contributed by atoms with van der Waals surface area (Å²) in [4.78, 5) is 19.1. The molecule has 1 atom stereocenters. The van der Waals surface area contributed by atoms with E-state index in [-0.39, 0.29) is 24.3 Å². The molecule has 0 aliphatic carbocycles. The molecule has 1 saturated heterocycles. The van der Waals surface area contributed by atoms with Gasteiger partial charge in [0.2, 0.25) is 0 Å². The summed E-state index contributed by atoms with van der Waals surface area (Å²) in [5.41, 5.74) is 1.49. The molecule has 4 rings (SSSR count). The van der Waals surface area contributed by atoms with Crippen molar-refractivity contribution in [3.8, 4) is 5.75 Å². The van der Waals surface area contributed by atoms with Gasteiger partial charge in [0, 0.05) is 34.1 Å². The third-order valence-electron chi connectivity index (χ3n) is 5.55. The van der Waals surface area contributed by atoms with Crippen molar-refractivity contribution in [2.24, 2.45) is 0 Å². The Morgan fingerprint density at radius 1 is 1.29 bits per heavy atom. The Balaban J connectivity index is 1.71. The minimum absolute atomic E-state index is 0.0550. The fraction of sp³-hybridized carbons (Fsp3) is 0.417. The third kappa shape index (κ3) is 5.46. The number of hydrogen-bond acceptors (Lipinski definition) is 4. The standard InChI is InChI=1S/C24H25BrClF2N3O3/c1-24(2,3)34-23(32)30-10-9-14(12-30)21-29-18-8-7-15(26)11-19(18)31(21)13-16-17(25)5-4-6-20(16)33-22(27)28/h4-8,11,14,22H,9-10,12-13H2,1-3H3. The SMILES string of the molecule is CC(C)(C)OC(=O)N1CCC(c2nc3ccc(Cl)cc3n2Cc2c(Br)cccc2OC(F)F)C1. The van der Waals surface area contributed by atoms with Gasteiger partial charge in [-0.1, -0.05) is 33.6 Å². The molecule has 0 bridgehead atoms. The number of rotatable bonds is 5. The molecule has 1 unspecified atom stereocenters. The van der Waals surface area contributed by atoms with Gasteiger partial charge in [-0.05, 0) is 57.5 Å². The maximum absolute atomic E-state index is 13.1. The summed E-state index contributed by atoms with van der Waals surface area (Å²) in [5.74, 6) is 0.781. The zero-order chi connectivity index (χ0) is 24.6. The number of alkyl halides is 2. The predicted molar refractivity (Wildman–Crippen MR) is 130 cm³/mol. The van der Waals surface area contributed by atoms with Gasteiger partial charge < -0.3 is 18.9 Å². The Labute approximate surface area is 209 Å². The van der Waals surface area contributed by atoms with Gasteiger partial charge in [-0.3, -0.25) is 0 Å². The summed E-state index contributed by atoms with van der Waals surface area (Å²) in [6, 6.07) is 10.3. The molecule has 0 N–H and O–H groups in total. The van der Waals surface area contributed by atoms with E-state index in [0.717, 1.165) is 16.9 Å². The maximum atomic E-state index is 13.1. The molecule has 1 aromatic heterocycles. The van der Waals surface area contributed by atoms with Gasteiger partial charge in [0.25, 0.3) is 0 Å². The second-order valence-corrected chi connectivity index (χ2v) is 10.5. The van der Waals surface area contributed by atoms with Crippen molar-refractivity contribution < 1.29 is 23.0 Å². The van der Waals surface area contributed by atoms with Crippen LogP contribution < -0.4 is 4.74 Å². The Bertz CT molecular complexity index is 1210. The lowest BCUT2D eigenvalue weighted by molar-refractivity contribution is -0.0505. The van der Waals surface area contributed by atoms with Gasteiger partial charge >= 0.3 is 12.7 Å². The number of amides is 1. The van der Waals surface area contributed by atoms with E-state index >= 15 is 0 Å². The summed E-state index contributed by atoms with van der Waals surface area (Å²) in [7, 11) is 0. The number of nitrogens with zero attached hydrogens (tertiary/aromatic N) is 3. The number of imidazole rings is 1. The first-order valence-corrected chi connectivity index (χ1v) is 12.0. The van der Waals surface area contributed by atoms with Crippen molar-refractivity contribution in [1.29, 1.82) is 0 Å². The highest BCUT2D eigenvalue weighted by Crippen LogP contribution is 2.35. The third-order valence-corrected chi connectivity index (χ3v) is 6.53. The van der Waals surface area contributed by atoms with Crippen LogP contribution in [0.2, 0.25) is 5.02 Å². The summed E-state index contributed by atoms with van der Waals surface area (Å²) in [5, 5.41) is 0.540. The minimum atomic E-state index is -2.95. The Morgan fingerprint density at radius 2 is 2.06 bits per heavy atom. The number of ether oxygens (including phenoxy) is 2. The molecule has 3 aromatic rings. The number of aromatic nitrogens is 2. The van der Waals surface area contributed by atoms with E-state index in [2.05, 4.69) is 15.9 Å². The first kappa shape index (κ1) is 24.7. The molecule has 0 spiro atoms. The monoisotopic (exact) mass is 555 g/mol. The van der Waals surface area contributed by atoms with Crippen molar-refractivity contribution in [3.05, 3.63) is 57.3 Å². The lowest BCUT2D eigenvalue weighted by atomic mass is 10.1. The van der Waals surface area contributed by atoms with Gasteiger partial charge in [-0.15, -0.1) is 0 Å². The van der Waals surface area contributed by atoms with Crippen LogP contribution in [-0.2, 0) is 11.3 Å². The molecule has 2 heterocycles. The van der Waals surface area contributed by atoms with Gasteiger partial charge in [0.15, 0.2) is 0 Å². The smallest absolute Gasteiger partial charge is 0.410 e.